The molecule has 5 nitrogen and oxygen atoms in total. The van der Waals surface area contributed by atoms with Crippen molar-refractivity contribution >= 4 is 27.8 Å². The number of hydrogen-bond acceptors (Lipinski definition) is 3. The molecule has 2 heterocycles. The molecule has 1 aliphatic heterocycles. The number of rotatable bonds is 1. The molecular weight excluding hydrogens is 254 g/mol. The molecule has 1 aromatic heterocycles. The van der Waals surface area contributed by atoms with Gasteiger partial charge in [0, 0.05) is 16.3 Å². The molecule has 1 aromatic carbocycles. The van der Waals surface area contributed by atoms with Gasteiger partial charge in [0.1, 0.15) is 5.52 Å². The molecule has 0 saturated carbocycles. The lowest BCUT2D eigenvalue weighted by Gasteiger charge is -1.91. The van der Waals surface area contributed by atoms with Crippen molar-refractivity contribution in [3.05, 3.63) is 48.2 Å². The first kappa shape index (κ1) is 10.9. The fraction of sp³-hybridized carbons (Fsp3) is 0. The van der Waals surface area contributed by atoms with E-state index in [0.29, 0.717) is 10.9 Å². The number of aromatic carboxylic acids is 1. The number of carboxylic acids is 1. The molecule has 0 unspecified atom stereocenters. The van der Waals surface area contributed by atoms with Crippen LogP contribution in [-0.2, 0) is 0 Å². The standard InChI is InChI=1S/C15H9N3O2/c19-15(20)14-10-6-3-5-9-8-4-1-2-7-11(8)16-12(9)13(10)17-18-14/h1-7H,(H,17,18)(H,19,20). The van der Waals surface area contributed by atoms with Crippen molar-refractivity contribution in [2.24, 2.45) is 0 Å². The Balaban J connectivity index is 2.20. The van der Waals surface area contributed by atoms with Gasteiger partial charge in [0.2, 0.25) is 0 Å². The summed E-state index contributed by atoms with van der Waals surface area (Å²) in [4.78, 5) is 15.8. The van der Waals surface area contributed by atoms with Gasteiger partial charge in [0.25, 0.3) is 0 Å². The van der Waals surface area contributed by atoms with Crippen molar-refractivity contribution in [3.63, 3.8) is 0 Å². The normalized spacial score (nSPS) is 11.4. The van der Waals surface area contributed by atoms with Crippen molar-refractivity contribution in [1.29, 1.82) is 0 Å². The molecular formula is C15H9N3O2. The van der Waals surface area contributed by atoms with Crippen LogP contribution in [0.4, 0.5) is 0 Å². The molecule has 4 rings (SSSR count). The van der Waals surface area contributed by atoms with Crippen LogP contribution >= 0.6 is 0 Å². The Hall–Kier alpha value is -2.95. The molecule has 96 valence electrons. The minimum Gasteiger partial charge on any atom is -0.477 e. The molecule has 0 amide bonds. The van der Waals surface area contributed by atoms with Crippen LogP contribution in [0, 0.1) is 0 Å². The third kappa shape index (κ3) is 1.34. The monoisotopic (exact) mass is 263 g/mol. The van der Waals surface area contributed by atoms with Gasteiger partial charge in [-0.25, -0.2) is 9.78 Å². The number of carboxylic acid groups (broad SMARTS) is 1. The summed E-state index contributed by atoms with van der Waals surface area (Å²) in [6, 6.07) is 13.4. The Kier molecular flexibility index (Phi) is 2.06. The summed E-state index contributed by atoms with van der Waals surface area (Å²) >= 11 is 0. The maximum absolute atomic E-state index is 11.2. The third-order valence-corrected chi connectivity index (χ3v) is 3.45. The van der Waals surface area contributed by atoms with E-state index in [9.17, 15) is 9.90 Å². The number of aromatic amines is 1. The largest absolute Gasteiger partial charge is 0.477 e. The van der Waals surface area contributed by atoms with Crippen LogP contribution in [0.5, 0.6) is 0 Å². The van der Waals surface area contributed by atoms with Crippen LogP contribution in [0.1, 0.15) is 10.5 Å². The van der Waals surface area contributed by atoms with Crippen molar-refractivity contribution in [1.82, 2.24) is 15.2 Å². The molecule has 20 heavy (non-hydrogen) atoms. The van der Waals surface area contributed by atoms with Gasteiger partial charge in [-0.1, -0.05) is 36.4 Å². The summed E-state index contributed by atoms with van der Waals surface area (Å²) in [6.07, 6.45) is 0. The Labute approximate surface area is 113 Å². The SMILES string of the molecule is O=C(O)c1[nH]nc2c3nc4ccccc4c-3cccc12. The summed E-state index contributed by atoms with van der Waals surface area (Å²) in [6.45, 7) is 0. The van der Waals surface area contributed by atoms with Gasteiger partial charge in [0.05, 0.1) is 11.2 Å². The second-order valence-electron chi connectivity index (χ2n) is 4.58. The second-order valence-corrected chi connectivity index (χ2v) is 4.58. The minimum atomic E-state index is -1.03. The van der Waals surface area contributed by atoms with Gasteiger partial charge in [-0.2, -0.15) is 5.10 Å². The summed E-state index contributed by atoms with van der Waals surface area (Å²) in [5, 5.41) is 17.5. The first-order valence-corrected chi connectivity index (χ1v) is 6.14. The average molecular weight is 263 g/mol. The highest BCUT2D eigenvalue weighted by Gasteiger charge is 2.19. The number of carbonyl (C=O) groups is 1. The van der Waals surface area contributed by atoms with Gasteiger partial charge >= 0.3 is 5.97 Å². The number of benzene rings is 1. The van der Waals surface area contributed by atoms with Crippen LogP contribution in [0.25, 0.3) is 33.1 Å². The van der Waals surface area contributed by atoms with E-state index in [1.54, 1.807) is 6.07 Å². The van der Waals surface area contributed by atoms with E-state index in [-0.39, 0.29) is 5.69 Å². The van der Waals surface area contributed by atoms with E-state index >= 15 is 0 Å². The number of para-hydroxylation sites is 1. The maximum atomic E-state index is 11.2. The van der Waals surface area contributed by atoms with Crippen molar-refractivity contribution in [2.75, 3.05) is 0 Å². The molecule has 0 atom stereocenters. The van der Waals surface area contributed by atoms with E-state index in [1.807, 2.05) is 36.4 Å². The molecule has 2 aromatic rings. The predicted molar refractivity (Wildman–Crippen MR) is 75.0 cm³/mol. The van der Waals surface area contributed by atoms with Gasteiger partial charge in [-0.15, -0.1) is 0 Å². The fourth-order valence-corrected chi connectivity index (χ4v) is 2.55. The molecule has 2 N–H and O–H groups in total. The molecule has 0 bridgehead atoms. The average Bonchev–Trinajstić information content (AvgIpc) is 2.97. The van der Waals surface area contributed by atoms with Gasteiger partial charge in [0.15, 0.2) is 5.69 Å². The summed E-state index contributed by atoms with van der Waals surface area (Å²) in [5.41, 5.74) is 3.24. The van der Waals surface area contributed by atoms with Crippen molar-refractivity contribution < 1.29 is 9.90 Å². The van der Waals surface area contributed by atoms with Crippen molar-refractivity contribution in [2.45, 2.75) is 0 Å². The van der Waals surface area contributed by atoms with E-state index in [4.69, 9.17) is 0 Å². The maximum Gasteiger partial charge on any atom is 0.354 e. The van der Waals surface area contributed by atoms with E-state index in [0.717, 1.165) is 22.2 Å². The predicted octanol–water partition coefficient (Wildman–Crippen LogP) is 2.91. The smallest absolute Gasteiger partial charge is 0.354 e. The van der Waals surface area contributed by atoms with Crippen LogP contribution in [-0.4, -0.2) is 26.3 Å². The number of nitrogens with one attached hydrogen (secondary N) is 1. The number of hydrogen-bond donors (Lipinski definition) is 2. The lowest BCUT2D eigenvalue weighted by Crippen LogP contribution is -1.96. The van der Waals surface area contributed by atoms with E-state index in [2.05, 4.69) is 15.2 Å². The van der Waals surface area contributed by atoms with Crippen LogP contribution in [0.15, 0.2) is 42.5 Å². The minimum absolute atomic E-state index is 0.0876. The number of nitrogens with zero attached hydrogens (tertiary/aromatic N) is 2. The summed E-state index contributed by atoms with van der Waals surface area (Å²) < 4.78 is 0. The molecule has 5 heteroatoms. The molecule has 0 spiro atoms. The number of aromatic nitrogens is 3. The lowest BCUT2D eigenvalue weighted by atomic mass is 10.1. The Morgan fingerprint density at radius 3 is 2.70 bits per heavy atom. The molecule has 1 aliphatic carbocycles. The molecule has 2 aliphatic rings. The Morgan fingerprint density at radius 1 is 1.05 bits per heavy atom. The number of H-pyrrole nitrogens is 1. The van der Waals surface area contributed by atoms with E-state index < -0.39 is 5.97 Å². The highest BCUT2D eigenvalue weighted by Crippen LogP contribution is 2.34. The van der Waals surface area contributed by atoms with Gasteiger partial charge in [-0.05, 0) is 6.07 Å². The zero-order valence-electron chi connectivity index (χ0n) is 10.3. The van der Waals surface area contributed by atoms with Gasteiger partial charge < -0.3 is 5.11 Å². The Morgan fingerprint density at radius 2 is 1.85 bits per heavy atom. The van der Waals surface area contributed by atoms with Gasteiger partial charge in [-0.3, -0.25) is 5.10 Å². The molecule has 0 radical (unpaired) electrons. The number of fused-ring (bicyclic) bond motifs is 5. The van der Waals surface area contributed by atoms with Crippen LogP contribution in [0.2, 0.25) is 0 Å². The topological polar surface area (TPSA) is 78.9 Å². The first-order valence-electron chi connectivity index (χ1n) is 6.14. The summed E-state index contributed by atoms with van der Waals surface area (Å²) in [5.74, 6) is -1.03. The zero-order chi connectivity index (χ0) is 13.7. The first-order chi connectivity index (χ1) is 9.75. The van der Waals surface area contributed by atoms with Crippen molar-refractivity contribution in [3.8, 4) is 11.3 Å². The molecule has 0 saturated heterocycles. The lowest BCUT2D eigenvalue weighted by molar-refractivity contribution is 0.0692. The van der Waals surface area contributed by atoms with Crippen LogP contribution < -0.4 is 0 Å². The third-order valence-electron chi connectivity index (χ3n) is 3.45. The highest BCUT2D eigenvalue weighted by molar-refractivity contribution is 6.09. The fourth-order valence-electron chi connectivity index (χ4n) is 2.55. The highest BCUT2D eigenvalue weighted by atomic mass is 16.4. The van der Waals surface area contributed by atoms with Crippen LogP contribution in [0.3, 0.4) is 0 Å². The molecule has 0 fully saturated rings. The summed E-state index contributed by atoms with van der Waals surface area (Å²) in [7, 11) is 0. The zero-order valence-corrected chi connectivity index (χ0v) is 10.3. The van der Waals surface area contributed by atoms with E-state index in [1.165, 1.54) is 0 Å². The second kappa shape index (κ2) is 3.77. The quantitative estimate of drug-likeness (QED) is 0.553. The Bertz CT molecular complexity index is 942.